The number of aromatic nitrogens is 1. The van der Waals surface area contributed by atoms with Crippen molar-refractivity contribution in [3.8, 4) is 0 Å². The van der Waals surface area contributed by atoms with E-state index in [4.69, 9.17) is 17.3 Å². The van der Waals surface area contributed by atoms with Gasteiger partial charge in [0.1, 0.15) is 11.5 Å². The third-order valence-corrected chi connectivity index (χ3v) is 8.94. The largest absolute Gasteiger partial charge is 0.404 e. The van der Waals surface area contributed by atoms with Gasteiger partial charge in [-0.1, -0.05) is 29.3 Å². The van der Waals surface area contributed by atoms with Crippen molar-refractivity contribution >= 4 is 38.8 Å². The van der Waals surface area contributed by atoms with E-state index in [2.05, 4.69) is 9.98 Å². The second kappa shape index (κ2) is 10.2. The van der Waals surface area contributed by atoms with Gasteiger partial charge in [-0.15, -0.1) is 0 Å². The van der Waals surface area contributed by atoms with Gasteiger partial charge in [0.05, 0.1) is 21.7 Å². The van der Waals surface area contributed by atoms with E-state index in [1.54, 1.807) is 48.5 Å². The lowest BCUT2D eigenvalue weighted by atomic mass is 9.64. The first-order valence-electron chi connectivity index (χ1n) is 11.9. The number of carbonyl (C=O) groups is 1. The molecular formula is C28H24ClFN4O3S. The van der Waals surface area contributed by atoms with E-state index < -0.39 is 15.4 Å². The second-order valence-electron chi connectivity index (χ2n) is 9.18. The average molecular weight is 551 g/mol. The van der Waals surface area contributed by atoms with E-state index in [0.29, 0.717) is 28.4 Å². The normalized spacial score (nSPS) is 22.2. The van der Waals surface area contributed by atoms with Crippen LogP contribution in [0.4, 0.5) is 10.1 Å². The van der Waals surface area contributed by atoms with Crippen molar-refractivity contribution in [2.24, 2.45) is 16.1 Å². The lowest BCUT2D eigenvalue weighted by molar-refractivity contribution is 0.0770. The number of rotatable bonds is 5. The lowest BCUT2D eigenvalue weighted by Gasteiger charge is -2.45. The molecule has 0 saturated carbocycles. The molecule has 0 unspecified atom stereocenters. The molecule has 1 saturated heterocycles. The summed E-state index contributed by atoms with van der Waals surface area (Å²) in [4.78, 5) is 23.1. The highest BCUT2D eigenvalue weighted by atomic mass is 35.5. The Balaban J connectivity index is 1.62. The fourth-order valence-electron chi connectivity index (χ4n) is 4.94. The number of ketones is 1. The van der Waals surface area contributed by atoms with Crippen LogP contribution in [0.1, 0.15) is 23.3 Å². The van der Waals surface area contributed by atoms with Crippen molar-refractivity contribution in [2.45, 2.75) is 17.7 Å². The van der Waals surface area contributed by atoms with Gasteiger partial charge >= 0.3 is 0 Å². The maximum Gasteiger partial charge on any atom is 0.243 e. The predicted octanol–water partition coefficient (Wildman–Crippen LogP) is 5.08. The summed E-state index contributed by atoms with van der Waals surface area (Å²) >= 11 is 6.08. The number of carbonyl (C=O) groups excluding carboxylic acids is 1. The lowest BCUT2D eigenvalue weighted by Crippen LogP contribution is -2.53. The molecule has 1 aliphatic heterocycles. The molecule has 1 aliphatic carbocycles. The first-order valence-corrected chi connectivity index (χ1v) is 13.7. The van der Waals surface area contributed by atoms with E-state index in [-0.39, 0.29) is 41.7 Å². The first kappa shape index (κ1) is 26.0. The van der Waals surface area contributed by atoms with E-state index in [9.17, 15) is 17.6 Å². The van der Waals surface area contributed by atoms with Crippen molar-refractivity contribution in [1.29, 1.82) is 0 Å². The number of aliphatic imine (C=N–C) groups is 1. The molecule has 194 valence electrons. The maximum absolute atomic E-state index is 14.1. The van der Waals surface area contributed by atoms with Gasteiger partial charge in [0, 0.05) is 24.3 Å². The summed E-state index contributed by atoms with van der Waals surface area (Å²) in [6.45, 7) is 0.0771. The van der Waals surface area contributed by atoms with Crippen LogP contribution in [0, 0.1) is 11.2 Å². The van der Waals surface area contributed by atoms with Gasteiger partial charge in [-0.2, -0.15) is 4.31 Å². The number of piperidine rings is 1. The highest BCUT2D eigenvalue weighted by Crippen LogP contribution is 2.47. The van der Waals surface area contributed by atoms with Gasteiger partial charge in [0.25, 0.3) is 0 Å². The van der Waals surface area contributed by atoms with Gasteiger partial charge in [-0.05, 0) is 85.3 Å². The number of allylic oxidation sites excluding steroid dienone is 2. The molecule has 5 rings (SSSR count). The Labute approximate surface area is 225 Å². The Morgan fingerprint density at radius 1 is 1.13 bits per heavy atom. The van der Waals surface area contributed by atoms with Crippen molar-refractivity contribution in [2.75, 3.05) is 13.1 Å². The summed E-state index contributed by atoms with van der Waals surface area (Å²) < 4.78 is 42.0. The van der Waals surface area contributed by atoms with Crippen LogP contribution < -0.4 is 5.73 Å². The van der Waals surface area contributed by atoms with Crippen LogP contribution in [0.5, 0.6) is 0 Å². The van der Waals surface area contributed by atoms with Gasteiger partial charge in [-0.25, -0.2) is 17.8 Å². The quantitative estimate of drug-likeness (QED) is 0.446. The Hall–Kier alpha value is -3.66. The van der Waals surface area contributed by atoms with E-state index >= 15 is 0 Å². The number of benzene rings is 2. The summed E-state index contributed by atoms with van der Waals surface area (Å²) in [7, 11) is -3.95. The molecule has 7 nitrogen and oxygen atoms in total. The fourth-order valence-corrected chi connectivity index (χ4v) is 6.75. The Kier molecular flexibility index (Phi) is 7.00. The summed E-state index contributed by atoms with van der Waals surface area (Å²) in [5.41, 5.74) is 7.41. The average Bonchev–Trinajstić information content (AvgIpc) is 2.93. The van der Waals surface area contributed by atoms with Gasteiger partial charge in [0.2, 0.25) is 10.0 Å². The molecule has 1 fully saturated rings. The number of fused-ring (bicyclic) bond motifs is 1. The molecule has 2 aliphatic rings. The number of hydrogen-bond acceptors (Lipinski definition) is 6. The van der Waals surface area contributed by atoms with E-state index in [1.807, 2.05) is 0 Å². The summed E-state index contributed by atoms with van der Waals surface area (Å²) in [6.07, 6.45) is 5.15. The molecule has 2 heterocycles. The van der Waals surface area contributed by atoms with Crippen molar-refractivity contribution in [1.82, 2.24) is 9.29 Å². The number of halogens is 2. The van der Waals surface area contributed by atoms with Gasteiger partial charge in [0.15, 0.2) is 5.78 Å². The van der Waals surface area contributed by atoms with Crippen LogP contribution in [0.3, 0.4) is 0 Å². The number of pyridine rings is 1. The highest BCUT2D eigenvalue weighted by molar-refractivity contribution is 7.89. The Morgan fingerprint density at radius 3 is 2.61 bits per heavy atom. The first-order chi connectivity index (χ1) is 18.2. The molecule has 2 aromatic carbocycles. The minimum Gasteiger partial charge on any atom is -0.404 e. The fraction of sp³-hybridized carbons (Fsp3) is 0.179. The number of sulfonamides is 1. The van der Waals surface area contributed by atoms with Crippen molar-refractivity contribution < 1.29 is 17.6 Å². The minimum atomic E-state index is -3.95. The molecular weight excluding hydrogens is 527 g/mol. The summed E-state index contributed by atoms with van der Waals surface area (Å²) in [6, 6.07) is 16.8. The molecule has 0 amide bonds. The van der Waals surface area contributed by atoms with Crippen molar-refractivity contribution in [3.63, 3.8) is 0 Å². The molecule has 38 heavy (non-hydrogen) atoms. The Bertz CT molecular complexity index is 1590. The molecule has 1 aromatic heterocycles. The van der Waals surface area contributed by atoms with Crippen LogP contribution in [0.25, 0.3) is 0 Å². The minimum absolute atomic E-state index is 0.0572. The van der Waals surface area contributed by atoms with E-state index in [0.717, 1.165) is 5.57 Å². The predicted molar refractivity (Wildman–Crippen MR) is 144 cm³/mol. The zero-order valence-electron chi connectivity index (χ0n) is 20.2. The smallest absolute Gasteiger partial charge is 0.243 e. The van der Waals surface area contributed by atoms with Crippen LogP contribution in [-0.4, -0.2) is 42.3 Å². The third kappa shape index (κ3) is 4.80. The SMILES string of the molecule is NC=C1C[C@]2(C(=O)c3ccccn3)CN(S(=O)(=O)c3cccc(Cl)c3)CCC2=CC1=Nc1ccc(F)cc1. The molecule has 10 heteroatoms. The molecule has 0 spiro atoms. The number of Topliss-reactive ketones (excluding diaryl/α,β-unsaturated/α-hetero) is 1. The molecule has 1 atom stereocenters. The van der Waals surface area contributed by atoms with Crippen molar-refractivity contribution in [3.05, 3.63) is 113 Å². The van der Waals surface area contributed by atoms with Crippen LogP contribution in [0.2, 0.25) is 5.02 Å². The molecule has 2 N–H and O–H groups in total. The maximum atomic E-state index is 14.1. The second-order valence-corrected chi connectivity index (χ2v) is 11.6. The van der Waals surface area contributed by atoms with Gasteiger partial charge in [-0.3, -0.25) is 9.78 Å². The third-order valence-electron chi connectivity index (χ3n) is 6.87. The van der Waals surface area contributed by atoms with E-state index in [1.165, 1.54) is 41.0 Å². The zero-order chi connectivity index (χ0) is 26.9. The molecule has 0 bridgehead atoms. The number of nitrogens with two attached hydrogens (primary N) is 1. The highest BCUT2D eigenvalue weighted by Gasteiger charge is 2.51. The zero-order valence-corrected chi connectivity index (χ0v) is 21.8. The van der Waals surface area contributed by atoms with Crippen LogP contribution >= 0.6 is 11.6 Å². The number of hydrogen-bond donors (Lipinski definition) is 1. The summed E-state index contributed by atoms with van der Waals surface area (Å²) in [5.74, 6) is -0.672. The standard InChI is InChI=1S/C28H24ClFN4O3S/c29-21-4-3-5-24(15-21)38(36,37)34-13-11-20-14-26(33-23-9-7-22(30)8-10-23)19(17-31)16-28(20,18-34)27(35)25-6-1-2-12-32-25/h1-10,12,14-15,17H,11,13,16,18,31H2/t28-/m0/s1. The topological polar surface area (TPSA) is 106 Å². The number of nitrogens with zero attached hydrogens (tertiary/aromatic N) is 3. The van der Waals surface area contributed by atoms with Gasteiger partial charge < -0.3 is 5.73 Å². The Morgan fingerprint density at radius 2 is 1.92 bits per heavy atom. The summed E-state index contributed by atoms with van der Waals surface area (Å²) in [5, 5.41) is 0.301. The van der Waals surface area contributed by atoms with Crippen LogP contribution in [-0.2, 0) is 10.0 Å². The molecule has 3 aromatic rings. The monoisotopic (exact) mass is 550 g/mol. The molecule has 0 radical (unpaired) electrons. The van der Waals surface area contributed by atoms with Crippen LogP contribution in [0.15, 0.2) is 106 Å².